The van der Waals surface area contributed by atoms with Crippen LogP contribution in [0.4, 0.5) is 0 Å². The summed E-state index contributed by atoms with van der Waals surface area (Å²) in [6.07, 6.45) is 13.1. The van der Waals surface area contributed by atoms with Gasteiger partial charge in [0.1, 0.15) is 0 Å². The van der Waals surface area contributed by atoms with E-state index < -0.39 is 8.07 Å². The van der Waals surface area contributed by atoms with Crippen molar-refractivity contribution in [3.05, 3.63) is 211 Å². The van der Waals surface area contributed by atoms with Gasteiger partial charge in [-0.15, -0.1) is 144 Å². The summed E-state index contributed by atoms with van der Waals surface area (Å²) < 4.78 is 0. The van der Waals surface area contributed by atoms with Crippen molar-refractivity contribution in [3.63, 3.8) is 0 Å². The van der Waals surface area contributed by atoms with Crippen LogP contribution in [0.5, 0.6) is 0 Å². The van der Waals surface area contributed by atoms with Crippen molar-refractivity contribution in [3.8, 4) is 45.0 Å². The summed E-state index contributed by atoms with van der Waals surface area (Å²) in [5, 5.41) is 1.56. The fraction of sp³-hybridized carbons (Fsp3) is 0.200. The van der Waals surface area contributed by atoms with Crippen molar-refractivity contribution in [1.82, 2.24) is 19.9 Å². The van der Waals surface area contributed by atoms with Crippen LogP contribution in [0.1, 0.15) is 49.3 Å². The zero-order valence-corrected chi connectivity index (χ0v) is 41.7. The molecule has 0 atom stereocenters. The molecule has 10 rings (SSSR count). The van der Waals surface area contributed by atoms with E-state index in [0.29, 0.717) is 5.41 Å². The van der Waals surface area contributed by atoms with Gasteiger partial charge in [0.2, 0.25) is 0 Å². The second-order valence-electron chi connectivity index (χ2n) is 16.1. The summed E-state index contributed by atoms with van der Waals surface area (Å²) >= 11 is 0. The van der Waals surface area contributed by atoms with E-state index in [1.165, 1.54) is 54.5 Å². The molecule has 318 valence electrons. The van der Waals surface area contributed by atoms with Crippen LogP contribution < -0.4 is 5.19 Å². The summed E-state index contributed by atoms with van der Waals surface area (Å²) in [4.78, 5) is 17.7. The Hall–Kier alpha value is -5.00. The summed E-state index contributed by atoms with van der Waals surface area (Å²) in [6.45, 7) is 9.29. The molecule has 2 fully saturated rings. The minimum absolute atomic E-state index is 0. The van der Waals surface area contributed by atoms with E-state index in [1.807, 2.05) is 121 Å². The smallest absolute Gasteiger partial charge is 0.0859 e. The van der Waals surface area contributed by atoms with Gasteiger partial charge < -0.3 is 19.9 Å². The molecule has 1 aliphatic carbocycles. The minimum Gasteiger partial charge on any atom is -0.305 e. The molecular weight excluding hydrogens is 1130 g/mol. The van der Waals surface area contributed by atoms with Gasteiger partial charge in [-0.2, -0.15) is 0 Å². The largest absolute Gasteiger partial charge is 0.305 e. The molecule has 0 bridgehead atoms. The van der Waals surface area contributed by atoms with Crippen molar-refractivity contribution in [1.29, 1.82) is 0 Å². The van der Waals surface area contributed by atoms with Crippen molar-refractivity contribution < 1.29 is 40.2 Å². The molecule has 8 aromatic rings. The van der Waals surface area contributed by atoms with Crippen LogP contribution in [-0.4, -0.2) is 28.0 Å². The number of hydrogen-bond donors (Lipinski definition) is 0. The van der Waals surface area contributed by atoms with Crippen LogP contribution >= 0.6 is 0 Å². The fourth-order valence-electron chi connectivity index (χ4n) is 7.88. The molecule has 1 saturated heterocycles. The quantitative estimate of drug-likeness (QED) is 0.123. The molecule has 5 heterocycles. The number of hydrogen-bond acceptors (Lipinski definition) is 4. The maximum Gasteiger partial charge on any atom is 0.0859 e. The van der Waals surface area contributed by atoms with Gasteiger partial charge in [0.05, 0.1) is 8.07 Å². The number of benzene rings is 4. The Balaban J connectivity index is 0.000000157. The Kier molecular flexibility index (Phi) is 18.2. The summed E-state index contributed by atoms with van der Waals surface area (Å²) in [6, 6.07) is 63.5. The van der Waals surface area contributed by atoms with E-state index in [2.05, 4.69) is 108 Å². The summed E-state index contributed by atoms with van der Waals surface area (Å²) in [7, 11) is -1.11. The van der Waals surface area contributed by atoms with Gasteiger partial charge in [0, 0.05) is 65.0 Å². The second-order valence-corrected chi connectivity index (χ2v) is 20.8. The zero-order valence-electron chi connectivity index (χ0n) is 35.9. The first kappa shape index (κ1) is 48.0. The molecule has 62 heavy (non-hydrogen) atoms. The van der Waals surface area contributed by atoms with E-state index in [9.17, 15) is 0 Å². The van der Waals surface area contributed by atoms with Crippen LogP contribution in [-0.2, 0) is 45.6 Å². The van der Waals surface area contributed by atoms with Crippen LogP contribution in [0.15, 0.2) is 170 Å². The second kappa shape index (κ2) is 23.4. The van der Waals surface area contributed by atoms with Gasteiger partial charge in [-0.05, 0) is 77.8 Å². The first-order valence-corrected chi connectivity index (χ1v) is 23.9. The molecule has 7 heteroatoms. The Morgan fingerprint density at radius 3 is 1.23 bits per heavy atom. The number of nitrogens with zero attached hydrogens (tertiary/aromatic N) is 4. The van der Waals surface area contributed by atoms with Gasteiger partial charge >= 0.3 is 0 Å². The third-order valence-corrected chi connectivity index (χ3v) is 16.4. The molecular formula is C55H52Ir2N4Si-4. The Bertz CT molecular complexity index is 2260. The van der Waals surface area contributed by atoms with Crippen molar-refractivity contribution >= 4 is 13.3 Å². The van der Waals surface area contributed by atoms with Crippen LogP contribution in [0, 0.1) is 38.1 Å². The summed E-state index contributed by atoms with van der Waals surface area (Å²) in [5.74, 6) is 0. The third kappa shape index (κ3) is 12.6. The van der Waals surface area contributed by atoms with Crippen LogP contribution in [0.25, 0.3) is 45.0 Å². The molecule has 0 amide bonds. The van der Waals surface area contributed by atoms with Gasteiger partial charge in [-0.1, -0.05) is 85.9 Å². The van der Waals surface area contributed by atoms with Crippen molar-refractivity contribution in [2.45, 2.75) is 70.5 Å². The number of aryl methyl sites for hydroxylation is 2. The standard InChI is InChI=1S/C17H18N.C16H18NSi.2C11H8N.2Ir/c1-13-11-16(14-7-4-3-5-8-14)18-12-15(13)17(2)9-6-10-17;1-13-11-15(14-7-4-3-5-8-14)17-12-16(13)18(2)9-6-10-18;2*1-2-6-10(7-3-1)11-8-4-5-9-12-11;;/h2*3-5,7,11-12H,6,9-10H2,1-2H3;2*1-6,8-9H;;/q4*-1;;. The summed E-state index contributed by atoms with van der Waals surface area (Å²) in [5.41, 5.74) is 12.8. The Morgan fingerprint density at radius 1 is 0.484 bits per heavy atom. The molecule has 2 aliphatic rings. The van der Waals surface area contributed by atoms with Crippen LogP contribution in [0.3, 0.4) is 0 Å². The van der Waals surface area contributed by atoms with Gasteiger partial charge in [-0.3, -0.25) is 0 Å². The molecule has 1 aliphatic heterocycles. The van der Waals surface area contributed by atoms with Gasteiger partial charge in [0.15, 0.2) is 0 Å². The SMILES string of the molecule is Cc1cc(-c2[c-]cccc2)ncc1C1(C)CCC1.Cc1cc(-c2[c-]cccc2)ncc1[Si]1(C)CCC1.[Ir].[Ir].[c-]1ccccc1-c1ccccn1.[c-]1ccccc1-c1ccccn1. The monoisotopic (exact) mass is 1180 g/mol. The number of pyridine rings is 4. The first-order valence-electron chi connectivity index (χ1n) is 21.0. The Labute approximate surface area is 397 Å². The fourth-order valence-corrected chi connectivity index (χ4v) is 11.2. The first-order chi connectivity index (χ1) is 29.3. The number of rotatable bonds is 6. The maximum atomic E-state index is 4.66. The third-order valence-electron chi connectivity index (χ3n) is 11.7. The van der Waals surface area contributed by atoms with Crippen molar-refractivity contribution in [2.75, 3.05) is 0 Å². The molecule has 0 spiro atoms. The molecule has 4 aromatic heterocycles. The normalized spacial score (nSPS) is 13.7. The van der Waals surface area contributed by atoms with Crippen molar-refractivity contribution in [2.24, 2.45) is 0 Å². The molecule has 1 saturated carbocycles. The zero-order chi connectivity index (χ0) is 41.6. The van der Waals surface area contributed by atoms with E-state index >= 15 is 0 Å². The van der Waals surface area contributed by atoms with Crippen LogP contribution in [0.2, 0.25) is 18.6 Å². The van der Waals surface area contributed by atoms with E-state index in [0.717, 1.165) is 45.0 Å². The Morgan fingerprint density at radius 2 is 0.903 bits per heavy atom. The van der Waals surface area contributed by atoms with E-state index in [-0.39, 0.29) is 40.2 Å². The average molecular weight is 1180 g/mol. The van der Waals surface area contributed by atoms with Gasteiger partial charge in [0.25, 0.3) is 0 Å². The number of aromatic nitrogens is 4. The van der Waals surface area contributed by atoms with E-state index in [4.69, 9.17) is 0 Å². The molecule has 4 nitrogen and oxygen atoms in total. The minimum atomic E-state index is -1.11. The topological polar surface area (TPSA) is 51.6 Å². The molecule has 2 radical (unpaired) electrons. The average Bonchev–Trinajstić information content (AvgIpc) is 3.30. The molecule has 4 aromatic carbocycles. The van der Waals surface area contributed by atoms with Gasteiger partial charge in [-0.25, -0.2) is 0 Å². The van der Waals surface area contributed by atoms with E-state index in [1.54, 1.807) is 17.6 Å². The molecule has 0 unspecified atom stereocenters. The predicted octanol–water partition coefficient (Wildman–Crippen LogP) is 12.9. The predicted molar refractivity (Wildman–Crippen MR) is 250 cm³/mol. The molecule has 0 N–H and O–H groups in total. The maximum absolute atomic E-state index is 4.66.